The second-order valence-electron chi connectivity index (χ2n) is 5.39. The highest BCUT2D eigenvalue weighted by Gasteiger charge is 2.34. The Kier molecular flexibility index (Phi) is 4.81. The maximum Gasteiger partial charge on any atom is 0.322 e. The molecule has 1 heterocycles. The molecule has 2 fully saturated rings. The molecule has 0 aromatic heterocycles. The second kappa shape index (κ2) is 6.19. The van der Waals surface area contributed by atoms with E-state index in [1.165, 1.54) is 11.4 Å². The van der Waals surface area contributed by atoms with Crippen LogP contribution in [0.1, 0.15) is 25.7 Å². The molecule has 19 heavy (non-hydrogen) atoms. The van der Waals surface area contributed by atoms with Crippen LogP contribution in [-0.2, 0) is 19.6 Å². The van der Waals surface area contributed by atoms with Crippen molar-refractivity contribution in [1.82, 2.24) is 9.62 Å². The monoisotopic (exact) mass is 290 g/mol. The van der Waals surface area contributed by atoms with Crippen LogP contribution in [0.4, 0.5) is 0 Å². The van der Waals surface area contributed by atoms with Crippen LogP contribution in [-0.4, -0.2) is 57.2 Å². The minimum absolute atomic E-state index is 0.214. The number of methoxy groups -OCH3 is 1. The number of nitrogens with one attached hydrogen (secondary N) is 1. The standard InChI is InChI=1S/C12H22N2O4S/c1-18-12(15)9-19(16,17)14(7-10-4-5-10)8-11-3-2-6-13-11/h10-11,13H,2-9H2,1H3. The molecule has 6 nitrogen and oxygen atoms in total. The van der Waals surface area contributed by atoms with E-state index in [4.69, 9.17) is 0 Å². The van der Waals surface area contributed by atoms with Crippen LogP contribution in [0.5, 0.6) is 0 Å². The van der Waals surface area contributed by atoms with E-state index in [0.717, 1.165) is 32.2 Å². The van der Waals surface area contributed by atoms with Crippen LogP contribution in [0, 0.1) is 5.92 Å². The average molecular weight is 290 g/mol. The molecule has 0 aromatic carbocycles. The molecule has 110 valence electrons. The molecule has 1 atom stereocenters. The first kappa shape index (κ1) is 14.7. The van der Waals surface area contributed by atoms with Gasteiger partial charge < -0.3 is 10.1 Å². The topological polar surface area (TPSA) is 75.7 Å². The Bertz CT molecular complexity index is 413. The minimum Gasteiger partial charge on any atom is -0.468 e. The van der Waals surface area contributed by atoms with Gasteiger partial charge in [0.1, 0.15) is 0 Å². The number of hydrogen-bond donors (Lipinski definition) is 1. The van der Waals surface area contributed by atoms with Gasteiger partial charge in [-0.25, -0.2) is 8.42 Å². The molecule has 1 unspecified atom stereocenters. The number of ether oxygens (including phenoxy) is 1. The van der Waals surface area contributed by atoms with Crippen molar-refractivity contribution in [2.45, 2.75) is 31.7 Å². The predicted octanol–water partition coefficient (Wildman–Crippen LogP) is -0.0468. The van der Waals surface area contributed by atoms with Gasteiger partial charge in [0.2, 0.25) is 10.0 Å². The first-order valence-electron chi connectivity index (χ1n) is 6.79. The number of esters is 1. The Labute approximate surface area is 114 Å². The lowest BCUT2D eigenvalue weighted by atomic mass is 10.2. The van der Waals surface area contributed by atoms with Crippen LogP contribution >= 0.6 is 0 Å². The van der Waals surface area contributed by atoms with E-state index in [0.29, 0.717) is 19.0 Å². The molecule has 1 N–H and O–H groups in total. The molecule has 1 saturated heterocycles. The SMILES string of the molecule is COC(=O)CS(=O)(=O)N(CC1CC1)CC1CCCN1. The van der Waals surface area contributed by atoms with E-state index >= 15 is 0 Å². The summed E-state index contributed by atoms with van der Waals surface area (Å²) in [5.41, 5.74) is 0. The van der Waals surface area contributed by atoms with Gasteiger partial charge in [-0.3, -0.25) is 4.79 Å². The summed E-state index contributed by atoms with van der Waals surface area (Å²) >= 11 is 0. The summed E-state index contributed by atoms with van der Waals surface area (Å²) in [7, 11) is -2.35. The summed E-state index contributed by atoms with van der Waals surface area (Å²) < 4.78 is 30.4. The third-order valence-electron chi connectivity index (χ3n) is 3.67. The lowest BCUT2D eigenvalue weighted by molar-refractivity contribution is -0.137. The number of rotatable bonds is 7. The highest BCUT2D eigenvalue weighted by atomic mass is 32.2. The van der Waals surface area contributed by atoms with Crippen molar-refractivity contribution < 1.29 is 17.9 Å². The largest absolute Gasteiger partial charge is 0.468 e. The Morgan fingerprint density at radius 3 is 2.58 bits per heavy atom. The minimum atomic E-state index is -3.56. The molecule has 1 saturated carbocycles. The number of carbonyl (C=O) groups is 1. The molecular formula is C12H22N2O4S. The van der Waals surface area contributed by atoms with Gasteiger partial charge in [0.25, 0.3) is 0 Å². The summed E-state index contributed by atoms with van der Waals surface area (Å²) in [5.74, 6) is -0.780. The molecule has 0 amide bonds. The zero-order valence-corrected chi connectivity index (χ0v) is 12.1. The summed E-state index contributed by atoms with van der Waals surface area (Å²) in [6.45, 7) is 1.95. The predicted molar refractivity (Wildman–Crippen MR) is 71.1 cm³/mol. The summed E-state index contributed by atoms with van der Waals surface area (Å²) in [6, 6.07) is 0.214. The number of hydrogen-bond acceptors (Lipinski definition) is 5. The summed E-state index contributed by atoms with van der Waals surface area (Å²) in [5, 5.41) is 3.30. The Hall–Kier alpha value is -0.660. The van der Waals surface area contributed by atoms with Gasteiger partial charge in [-0.2, -0.15) is 4.31 Å². The fourth-order valence-electron chi connectivity index (χ4n) is 2.35. The summed E-state index contributed by atoms with van der Waals surface area (Å²) in [4.78, 5) is 11.2. The van der Waals surface area contributed by atoms with Gasteiger partial charge in [0.05, 0.1) is 7.11 Å². The van der Waals surface area contributed by atoms with E-state index in [2.05, 4.69) is 10.1 Å². The first-order chi connectivity index (χ1) is 9.01. The molecule has 0 bridgehead atoms. The second-order valence-corrected chi connectivity index (χ2v) is 7.35. The van der Waals surface area contributed by atoms with Crippen LogP contribution < -0.4 is 5.32 Å². The summed E-state index contributed by atoms with van der Waals surface area (Å²) in [6.07, 6.45) is 4.25. The van der Waals surface area contributed by atoms with Crippen LogP contribution in [0.15, 0.2) is 0 Å². The fourth-order valence-corrected chi connectivity index (χ4v) is 3.79. The normalized spacial score (nSPS) is 23.8. The van der Waals surface area contributed by atoms with Crippen molar-refractivity contribution >= 4 is 16.0 Å². The Morgan fingerprint density at radius 1 is 1.32 bits per heavy atom. The van der Waals surface area contributed by atoms with E-state index in [1.807, 2.05) is 0 Å². The van der Waals surface area contributed by atoms with Gasteiger partial charge in [-0.15, -0.1) is 0 Å². The fraction of sp³-hybridized carbons (Fsp3) is 0.917. The number of carbonyl (C=O) groups excluding carboxylic acids is 1. The van der Waals surface area contributed by atoms with Crippen molar-refractivity contribution in [3.63, 3.8) is 0 Å². The van der Waals surface area contributed by atoms with E-state index in [9.17, 15) is 13.2 Å². The van der Waals surface area contributed by atoms with Crippen molar-refractivity contribution in [2.75, 3.05) is 32.5 Å². The lowest BCUT2D eigenvalue weighted by Gasteiger charge is -2.24. The molecule has 1 aliphatic heterocycles. The van der Waals surface area contributed by atoms with Crippen LogP contribution in [0.3, 0.4) is 0 Å². The third-order valence-corrected chi connectivity index (χ3v) is 5.35. The van der Waals surface area contributed by atoms with E-state index in [-0.39, 0.29) is 6.04 Å². The van der Waals surface area contributed by atoms with Crippen molar-refractivity contribution in [3.05, 3.63) is 0 Å². The molecule has 0 radical (unpaired) electrons. The molecule has 0 spiro atoms. The lowest BCUT2D eigenvalue weighted by Crippen LogP contribution is -2.44. The quantitative estimate of drug-likeness (QED) is 0.666. The number of nitrogens with zero attached hydrogens (tertiary/aromatic N) is 1. The van der Waals surface area contributed by atoms with E-state index in [1.54, 1.807) is 0 Å². The molecule has 2 aliphatic rings. The maximum absolute atomic E-state index is 12.2. The Morgan fingerprint density at radius 2 is 2.05 bits per heavy atom. The Balaban J connectivity index is 1.99. The van der Waals surface area contributed by atoms with E-state index < -0.39 is 21.7 Å². The zero-order valence-electron chi connectivity index (χ0n) is 11.3. The molecule has 0 aromatic rings. The zero-order chi connectivity index (χ0) is 13.9. The molecule has 7 heteroatoms. The molecular weight excluding hydrogens is 268 g/mol. The molecule has 2 rings (SSSR count). The smallest absolute Gasteiger partial charge is 0.322 e. The van der Waals surface area contributed by atoms with Crippen molar-refractivity contribution in [1.29, 1.82) is 0 Å². The van der Waals surface area contributed by atoms with Crippen molar-refractivity contribution in [3.8, 4) is 0 Å². The first-order valence-corrected chi connectivity index (χ1v) is 8.40. The molecule has 1 aliphatic carbocycles. The van der Waals surface area contributed by atoms with Gasteiger partial charge in [-0.05, 0) is 38.1 Å². The van der Waals surface area contributed by atoms with Crippen LogP contribution in [0.2, 0.25) is 0 Å². The maximum atomic E-state index is 12.2. The van der Waals surface area contributed by atoms with Gasteiger partial charge in [0, 0.05) is 19.1 Å². The van der Waals surface area contributed by atoms with Gasteiger partial charge >= 0.3 is 5.97 Å². The van der Waals surface area contributed by atoms with Gasteiger partial charge in [0.15, 0.2) is 5.75 Å². The highest BCUT2D eigenvalue weighted by Crippen LogP contribution is 2.31. The van der Waals surface area contributed by atoms with Crippen molar-refractivity contribution in [2.24, 2.45) is 5.92 Å². The van der Waals surface area contributed by atoms with Crippen LogP contribution in [0.25, 0.3) is 0 Å². The average Bonchev–Trinajstić information content (AvgIpc) is 3.02. The third kappa shape index (κ3) is 4.43. The number of sulfonamides is 1. The van der Waals surface area contributed by atoms with Gasteiger partial charge in [-0.1, -0.05) is 0 Å². The highest BCUT2D eigenvalue weighted by molar-refractivity contribution is 7.89.